The molecule has 0 aliphatic carbocycles. The molecule has 0 radical (unpaired) electrons. The maximum atomic E-state index is 13.7. The van der Waals surface area contributed by atoms with Crippen LogP contribution in [0.3, 0.4) is 0 Å². The number of benzene rings is 2. The van der Waals surface area contributed by atoms with Crippen molar-refractivity contribution in [3.63, 3.8) is 0 Å². The summed E-state index contributed by atoms with van der Waals surface area (Å²) in [5.74, 6) is 0.0953. The van der Waals surface area contributed by atoms with Crippen LogP contribution in [-0.4, -0.2) is 73.6 Å². The molecule has 2 N–H and O–H groups in total. The third kappa shape index (κ3) is 6.90. The van der Waals surface area contributed by atoms with Gasteiger partial charge in [-0.15, -0.1) is 0 Å². The number of aryl methyl sites for hydroxylation is 2. The summed E-state index contributed by atoms with van der Waals surface area (Å²) in [7, 11) is 0. The van der Waals surface area contributed by atoms with Crippen molar-refractivity contribution in [3.8, 4) is 0 Å². The summed E-state index contributed by atoms with van der Waals surface area (Å²) in [6, 6.07) is 13.9. The first-order valence-corrected chi connectivity index (χ1v) is 15.6. The molecule has 10 heteroatoms. The predicted octanol–water partition coefficient (Wildman–Crippen LogP) is 4.91. The fourth-order valence-electron chi connectivity index (χ4n) is 6.01. The van der Waals surface area contributed by atoms with Crippen molar-refractivity contribution in [2.45, 2.75) is 59.3 Å². The van der Waals surface area contributed by atoms with E-state index in [1.807, 2.05) is 37.8 Å². The van der Waals surface area contributed by atoms with E-state index in [2.05, 4.69) is 56.8 Å². The van der Waals surface area contributed by atoms with E-state index in [9.17, 15) is 14.4 Å². The SMILES string of the molecule is Cc1ccccc1N1CCN(c2ccc(C(=O)NCCCN3CCCC3=O)cc2NC(=O)c2c(C(C)(C)C)noc2C)CC1. The number of aromatic nitrogens is 1. The van der Waals surface area contributed by atoms with Crippen LogP contribution in [0.15, 0.2) is 47.0 Å². The van der Waals surface area contributed by atoms with Crippen LogP contribution in [0.25, 0.3) is 0 Å². The summed E-state index contributed by atoms with van der Waals surface area (Å²) < 4.78 is 5.44. The summed E-state index contributed by atoms with van der Waals surface area (Å²) in [5, 5.41) is 10.3. The van der Waals surface area contributed by atoms with Gasteiger partial charge in [0.25, 0.3) is 11.8 Å². The van der Waals surface area contributed by atoms with E-state index < -0.39 is 0 Å². The number of anilines is 3. The van der Waals surface area contributed by atoms with Crippen molar-refractivity contribution in [2.24, 2.45) is 0 Å². The van der Waals surface area contributed by atoms with Gasteiger partial charge in [0.15, 0.2) is 0 Å². The van der Waals surface area contributed by atoms with E-state index in [4.69, 9.17) is 4.52 Å². The molecule has 0 atom stereocenters. The fourth-order valence-corrected chi connectivity index (χ4v) is 6.01. The number of nitrogens with zero attached hydrogens (tertiary/aromatic N) is 4. The molecular formula is C34H44N6O4. The second-order valence-electron chi connectivity index (χ2n) is 12.8. The molecule has 0 saturated carbocycles. The summed E-state index contributed by atoms with van der Waals surface area (Å²) in [4.78, 5) is 45.3. The molecule has 44 heavy (non-hydrogen) atoms. The maximum Gasteiger partial charge on any atom is 0.261 e. The van der Waals surface area contributed by atoms with E-state index in [1.165, 1.54) is 11.3 Å². The zero-order chi connectivity index (χ0) is 31.4. The molecule has 2 saturated heterocycles. The van der Waals surface area contributed by atoms with Gasteiger partial charge in [-0.25, -0.2) is 0 Å². The van der Waals surface area contributed by atoms with Crippen LogP contribution in [-0.2, 0) is 10.2 Å². The molecular weight excluding hydrogens is 556 g/mol. The molecule has 234 valence electrons. The third-order valence-electron chi connectivity index (χ3n) is 8.45. The van der Waals surface area contributed by atoms with E-state index in [-0.39, 0.29) is 23.1 Å². The van der Waals surface area contributed by atoms with Crippen molar-refractivity contribution in [1.29, 1.82) is 0 Å². The number of carbonyl (C=O) groups excluding carboxylic acids is 3. The Hall–Kier alpha value is -4.34. The van der Waals surface area contributed by atoms with Crippen LogP contribution in [0.1, 0.15) is 77.8 Å². The predicted molar refractivity (Wildman–Crippen MR) is 173 cm³/mol. The van der Waals surface area contributed by atoms with Gasteiger partial charge in [-0.2, -0.15) is 0 Å². The number of nitrogens with one attached hydrogen (secondary N) is 2. The average Bonchev–Trinajstić information content (AvgIpc) is 3.60. The zero-order valence-electron chi connectivity index (χ0n) is 26.5. The van der Waals surface area contributed by atoms with Gasteiger partial charge in [0.05, 0.1) is 11.4 Å². The second kappa shape index (κ2) is 13.1. The molecule has 1 aromatic heterocycles. The lowest BCUT2D eigenvalue weighted by molar-refractivity contribution is -0.127. The quantitative estimate of drug-likeness (QED) is 0.336. The third-order valence-corrected chi connectivity index (χ3v) is 8.45. The van der Waals surface area contributed by atoms with Gasteiger partial charge < -0.3 is 29.9 Å². The summed E-state index contributed by atoms with van der Waals surface area (Å²) in [6.45, 7) is 14.9. The van der Waals surface area contributed by atoms with Crippen molar-refractivity contribution in [3.05, 3.63) is 70.6 Å². The average molecular weight is 601 g/mol. The molecule has 2 aromatic carbocycles. The molecule has 0 unspecified atom stereocenters. The highest BCUT2D eigenvalue weighted by atomic mass is 16.5. The Labute approximate surface area is 259 Å². The maximum absolute atomic E-state index is 13.7. The Morgan fingerprint density at radius 2 is 1.64 bits per heavy atom. The highest BCUT2D eigenvalue weighted by Gasteiger charge is 2.30. The Kier molecular flexibility index (Phi) is 9.27. The molecule has 3 amide bonds. The molecule has 3 aromatic rings. The number of hydrogen-bond acceptors (Lipinski definition) is 7. The molecule has 0 bridgehead atoms. The minimum atomic E-state index is -0.388. The molecule has 2 aliphatic heterocycles. The van der Waals surface area contributed by atoms with Gasteiger partial charge in [0, 0.05) is 68.9 Å². The number of piperazine rings is 1. The van der Waals surface area contributed by atoms with Gasteiger partial charge in [0.2, 0.25) is 5.91 Å². The number of carbonyl (C=O) groups is 3. The number of hydrogen-bond donors (Lipinski definition) is 2. The highest BCUT2D eigenvalue weighted by molar-refractivity contribution is 6.08. The molecule has 5 rings (SSSR count). The topological polar surface area (TPSA) is 111 Å². The van der Waals surface area contributed by atoms with Crippen molar-refractivity contribution in [1.82, 2.24) is 15.4 Å². The van der Waals surface area contributed by atoms with E-state index in [1.54, 1.807) is 13.0 Å². The molecule has 2 fully saturated rings. The number of rotatable bonds is 9. The monoisotopic (exact) mass is 600 g/mol. The van der Waals surface area contributed by atoms with Crippen molar-refractivity contribution >= 4 is 34.8 Å². The second-order valence-corrected chi connectivity index (χ2v) is 12.8. The fraction of sp³-hybridized carbons (Fsp3) is 0.471. The Balaban J connectivity index is 1.34. The first-order chi connectivity index (χ1) is 21.0. The minimum absolute atomic E-state index is 0.185. The lowest BCUT2D eigenvalue weighted by Crippen LogP contribution is -2.47. The van der Waals surface area contributed by atoms with Crippen molar-refractivity contribution in [2.75, 3.05) is 60.9 Å². The normalized spacial score (nSPS) is 15.6. The standard InChI is InChI=1S/C34H44N6O4/c1-23-10-6-7-11-27(23)38-18-20-39(21-19-38)28-14-13-25(32(42)35-15-9-17-40-16-8-12-29(40)41)22-26(28)36-33(43)30-24(2)44-37-31(30)34(3,4)5/h6-7,10-11,13-14,22H,8-9,12,15-21H2,1-5H3,(H,35,42)(H,36,43). The van der Waals surface area contributed by atoms with Crippen LogP contribution in [0.2, 0.25) is 0 Å². The molecule has 2 aliphatic rings. The largest absolute Gasteiger partial charge is 0.368 e. The molecule has 10 nitrogen and oxygen atoms in total. The lowest BCUT2D eigenvalue weighted by atomic mass is 9.88. The summed E-state index contributed by atoms with van der Waals surface area (Å²) in [5.41, 5.74) is 4.98. The van der Waals surface area contributed by atoms with Gasteiger partial charge in [-0.3, -0.25) is 14.4 Å². The van der Waals surface area contributed by atoms with Gasteiger partial charge in [0.1, 0.15) is 17.0 Å². The highest BCUT2D eigenvalue weighted by Crippen LogP contribution is 2.32. The molecule has 0 spiro atoms. The van der Waals surface area contributed by atoms with Gasteiger partial charge >= 0.3 is 0 Å². The zero-order valence-corrected chi connectivity index (χ0v) is 26.5. The minimum Gasteiger partial charge on any atom is -0.368 e. The number of para-hydroxylation sites is 1. The van der Waals surface area contributed by atoms with Gasteiger partial charge in [-0.1, -0.05) is 44.1 Å². The summed E-state index contributed by atoms with van der Waals surface area (Å²) >= 11 is 0. The van der Waals surface area contributed by atoms with E-state index >= 15 is 0 Å². The van der Waals surface area contributed by atoms with Crippen LogP contribution in [0.4, 0.5) is 17.1 Å². The van der Waals surface area contributed by atoms with E-state index in [0.29, 0.717) is 54.2 Å². The van der Waals surface area contributed by atoms with Crippen LogP contribution >= 0.6 is 0 Å². The van der Waals surface area contributed by atoms with Crippen LogP contribution in [0, 0.1) is 13.8 Å². The number of likely N-dealkylation sites (tertiary alicyclic amines) is 1. The van der Waals surface area contributed by atoms with Gasteiger partial charge in [-0.05, 0) is 56.5 Å². The first kappa shape index (κ1) is 31.1. The Bertz CT molecular complexity index is 1520. The Morgan fingerprint density at radius 1 is 0.932 bits per heavy atom. The van der Waals surface area contributed by atoms with Crippen LogP contribution < -0.4 is 20.4 Å². The van der Waals surface area contributed by atoms with Crippen molar-refractivity contribution < 1.29 is 18.9 Å². The molecule has 3 heterocycles. The number of amides is 3. The smallest absolute Gasteiger partial charge is 0.261 e. The van der Waals surface area contributed by atoms with Crippen LogP contribution in [0.5, 0.6) is 0 Å². The first-order valence-electron chi connectivity index (χ1n) is 15.6. The van der Waals surface area contributed by atoms with E-state index in [0.717, 1.165) is 44.8 Å². The Morgan fingerprint density at radius 3 is 2.30 bits per heavy atom. The lowest BCUT2D eigenvalue weighted by Gasteiger charge is -2.38. The summed E-state index contributed by atoms with van der Waals surface area (Å²) in [6.07, 6.45) is 2.20.